The van der Waals surface area contributed by atoms with Gasteiger partial charge in [-0.3, -0.25) is 9.25 Å². The lowest BCUT2D eigenvalue weighted by Gasteiger charge is -2.13. The van der Waals surface area contributed by atoms with Gasteiger partial charge in [0, 0.05) is 13.2 Å². The van der Waals surface area contributed by atoms with Crippen LogP contribution in [0.2, 0.25) is 0 Å². The quantitative estimate of drug-likeness (QED) is 0.703. The average Bonchev–Trinajstić information content (AvgIpc) is 3.12. The van der Waals surface area contributed by atoms with Gasteiger partial charge in [0.05, 0.1) is 14.2 Å². The third-order valence-corrected chi connectivity index (χ3v) is 3.13. The highest BCUT2D eigenvalue weighted by molar-refractivity contribution is 5.59. The van der Waals surface area contributed by atoms with Crippen LogP contribution in [0.1, 0.15) is 5.82 Å². The molecule has 3 aromatic rings. The summed E-state index contributed by atoms with van der Waals surface area (Å²) >= 11 is 0. The molecule has 0 spiro atoms. The summed E-state index contributed by atoms with van der Waals surface area (Å²) in [6.07, 6.45) is 3.21. The first kappa shape index (κ1) is 14.0. The number of rotatable bonds is 4. The number of ether oxygens (including phenoxy) is 2. The van der Waals surface area contributed by atoms with Gasteiger partial charge in [0.25, 0.3) is 0 Å². The zero-order valence-corrected chi connectivity index (χ0v) is 12.7. The van der Waals surface area contributed by atoms with Gasteiger partial charge in [-0.1, -0.05) is 0 Å². The Morgan fingerprint density at radius 2 is 1.73 bits per heavy atom. The maximum atomic E-state index is 5.33. The van der Waals surface area contributed by atoms with Crippen LogP contribution in [0.3, 0.4) is 0 Å². The molecule has 0 atom stereocenters. The van der Waals surface area contributed by atoms with Crippen molar-refractivity contribution in [2.75, 3.05) is 14.2 Å². The van der Waals surface area contributed by atoms with Gasteiger partial charge >= 0.3 is 0 Å². The molecular weight excluding hydrogens is 286 g/mol. The van der Waals surface area contributed by atoms with E-state index in [1.165, 1.54) is 20.5 Å². The minimum Gasteiger partial charge on any atom is -0.479 e. The molecule has 0 amide bonds. The molecule has 0 saturated heterocycles. The topological polar surface area (TPSA) is 92.8 Å². The van der Waals surface area contributed by atoms with E-state index in [-0.39, 0.29) is 0 Å². The van der Waals surface area contributed by atoms with Gasteiger partial charge in [-0.2, -0.15) is 15.1 Å². The number of hydrogen-bond acceptors (Lipinski definition) is 7. The summed E-state index contributed by atoms with van der Waals surface area (Å²) in [6.45, 7) is 1.82. The number of aromatic nitrogens is 7. The van der Waals surface area contributed by atoms with E-state index in [0.29, 0.717) is 34.8 Å². The molecule has 0 bridgehead atoms. The lowest BCUT2D eigenvalue weighted by molar-refractivity contribution is 0.368. The highest BCUT2D eigenvalue weighted by Gasteiger charge is 2.23. The number of hydrogen-bond donors (Lipinski definition) is 0. The van der Waals surface area contributed by atoms with Gasteiger partial charge in [0.15, 0.2) is 11.5 Å². The molecule has 3 heterocycles. The monoisotopic (exact) mass is 301 g/mol. The Morgan fingerprint density at radius 1 is 1.05 bits per heavy atom. The summed E-state index contributed by atoms with van der Waals surface area (Å²) in [7, 11) is 4.90. The molecule has 0 aliphatic heterocycles. The van der Waals surface area contributed by atoms with Gasteiger partial charge in [0.2, 0.25) is 11.8 Å². The SMILES string of the molecule is COc1ncnc(OC)c1-n1c(C)nnc1-c1ccn(C)n1. The van der Waals surface area contributed by atoms with Crippen molar-refractivity contribution in [2.24, 2.45) is 7.05 Å². The fraction of sp³-hybridized carbons (Fsp3) is 0.308. The van der Waals surface area contributed by atoms with E-state index < -0.39 is 0 Å². The van der Waals surface area contributed by atoms with Gasteiger partial charge in [-0.15, -0.1) is 10.2 Å². The molecule has 0 radical (unpaired) electrons. The predicted molar refractivity (Wildman–Crippen MR) is 77.0 cm³/mol. The zero-order chi connectivity index (χ0) is 15.7. The Balaban J connectivity index is 2.28. The molecule has 0 N–H and O–H groups in total. The maximum absolute atomic E-state index is 5.33. The fourth-order valence-electron chi connectivity index (χ4n) is 2.17. The zero-order valence-electron chi connectivity index (χ0n) is 12.7. The molecule has 0 aliphatic rings. The minimum absolute atomic E-state index is 0.368. The van der Waals surface area contributed by atoms with Gasteiger partial charge < -0.3 is 9.47 Å². The van der Waals surface area contributed by atoms with Crippen LogP contribution in [0.4, 0.5) is 0 Å². The molecule has 0 aliphatic carbocycles. The van der Waals surface area contributed by atoms with E-state index in [0.717, 1.165) is 0 Å². The van der Waals surface area contributed by atoms with Crippen LogP contribution in [0, 0.1) is 6.92 Å². The molecule has 3 aromatic heterocycles. The van der Waals surface area contributed by atoms with Gasteiger partial charge in [-0.05, 0) is 13.0 Å². The third-order valence-electron chi connectivity index (χ3n) is 3.13. The Hall–Kier alpha value is -2.97. The maximum Gasteiger partial charge on any atom is 0.245 e. The van der Waals surface area contributed by atoms with Crippen molar-refractivity contribution in [3.63, 3.8) is 0 Å². The molecule has 9 heteroatoms. The highest BCUT2D eigenvalue weighted by Crippen LogP contribution is 2.32. The molecular formula is C13H15N7O2. The normalized spacial score (nSPS) is 10.7. The Labute approximate surface area is 126 Å². The summed E-state index contributed by atoms with van der Waals surface area (Å²) in [5, 5.41) is 12.7. The van der Waals surface area contributed by atoms with Crippen molar-refractivity contribution in [1.82, 2.24) is 34.5 Å². The second kappa shape index (κ2) is 5.43. The van der Waals surface area contributed by atoms with E-state index >= 15 is 0 Å². The first-order valence-corrected chi connectivity index (χ1v) is 6.51. The summed E-state index contributed by atoms with van der Waals surface area (Å²) in [5.41, 5.74) is 1.21. The molecule has 0 unspecified atom stereocenters. The molecule has 22 heavy (non-hydrogen) atoms. The van der Waals surface area contributed by atoms with Crippen LogP contribution in [0.25, 0.3) is 17.2 Å². The van der Waals surface area contributed by atoms with Crippen LogP contribution in [0.5, 0.6) is 11.8 Å². The van der Waals surface area contributed by atoms with E-state index in [9.17, 15) is 0 Å². The molecule has 9 nitrogen and oxygen atoms in total. The molecule has 0 saturated carbocycles. The smallest absolute Gasteiger partial charge is 0.245 e. The van der Waals surface area contributed by atoms with E-state index in [2.05, 4.69) is 25.3 Å². The van der Waals surface area contributed by atoms with Crippen LogP contribution in [0.15, 0.2) is 18.6 Å². The van der Waals surface area contributed by atoms with E-state index in [1.807, 2.05) is 26.2 Å². The first-order valence-electron chi connectivity index (χ1n) is 6.51. The first-order chi connectivity index (χ1) is 10.7. The summed E-state index contributed by atoms with van der Waals surface area (Å²) in [4.78, 5) is 8.26. The van der Waals surface area contributed by atoms with Crippen molar-refractivity contribution >= 4 is 0 Å². The molecule has 114 valence electrons. The standard InChI is InChI=1S/C13H15N7O2/c1-8-16-17-11(9-5-6-19(2)18-9)20(8)10-12(21-3)14-7-15-13(10)22-4/h5-7H,1-4H3. The number of nitrogens with zero attached hydrogens (tertiary/aromatic N) is 7. The highest BCUT2D eigenvalue weighted by atomic mass is 16.5. The Kier molecular flexibility index (Phi) is 3.45. The Bertz CT molecular complexity index is 786. The molecule has 0 fully saturated rings. The second-order valence-electron chi connectivity index (χ2n) is 4.52. The van der Waals surface area contributed by atoms with Crippen LogP contribution < -0.4 is 9.47 Å². The number of methoxy groups -OCH3 is 2. The van der Waals surface area contributed by atoms with Crippen molar-refractivity contribution in [3.8, 4) is 29.0 Å². The van der Waals surface area contributed by atoms with Gasteiger partial charge in [0.1, 0.15) is 17.8 Å². The van der Waals surface area contributed by atoms with Crippen LogP contribution in [-0.4, -0.2) is 48.7 Å². The lowest BCUT2D eigenvalue weighted by Crippen LogP contribution is -2.08. The summed E-state index contributed by atoms with van der Waals surface area (Å²) in [5.74, 6) is 1.94. The van der Waals surface area contributed by atoms with Crippen LogP contribution in [-0.2, 0) is 7.05 Å². The van der Waals surface area contributed by atoms with Crippen molar-refractivity contribution < 1.29 is 9.47 Å². The Morgan fingerprint density at radius 3 is 2.27 bits per heavy atom. The van der Waals surface area contributed by atoms with Gasteiger partial charge in [-0.25, -0.2) is 0 Å². The number of aryl methyl sites for hydroxylation is 2. The largest absolute Gasteiger partial charge is 0.479 e. The predicted octanol–water partition coefficient (Wildman–Crippen LogP) is 0.783. The van der Waals surface area contributed by atoms with Crippen LogP contribution >= 0.6 is 0 Å². The van der Waals surface area contributed by atoms with E-state index in [4.69, 9.17) is 9.47 Å². The lowest BCUT2D eigenvalue weighted by atomic mass is 10.3. The second-order valence-corrected chi connectivity index (χ2v) is 4.52. The third kappa shape index (κ3) is 2.16. The molecule has 3 rings (SSSR count). The fourth-order valence-corrected chi connectivity index (χ4v) is 2.17. The summed E-state index contributed by atoms with van der Waals surface area (Å²) in [6, 6.07) is 1.85. The molecule has 0 aromatic carbocycles. The minimum atomic E-state index is 0.368. The average molecular weight is 301 g/mol. The van der Waals surface area contributed by atoms with E-state index in [1.54, 1.807) is 9.25 Å². The summed E-state index contributed by atoms with van der Waals surface area (Å²) < 4.78 is 14.1. The van der Waals surface area contributed by atoms with Crippen molar-refractivity contribution in [1.29, 1.82) is 0 Å². The van der Waals surface area contributed by atoms with Crippen molar-refractivity contribution in [2.45, 2.75) is 6.92 Å². The van der Waals surface area contributed by atoms with Crippen molar-refractivity contribution in [3.05, 3.63) is 24.4 Å².